The van der Waals surface area contributed by atoms with Crippen LogP contribution in [0.3, 0.4) is 0 Å². The van der Waals surface area contributed by atoms with Crippen LogP contribution in [-0.4, -0.2) is 81.6 Å². The molecule has 39 heavy (non-hydrogen) atoms. The number of hydrogen-bond donors (Lipinski definition) is 4. The first-order valence-corrected chi connectivity index (χ1v) is 13.4. The highest BCUT2D eigenvalue weighted by Crippen LogP contribution is 2.27. The molecule has 0 spiro atoms. The van der Waals surface area contributed by atoms with E-state index in [9.17, 15) is 14.4 Å². The molecule has 3 aliphatic rings. The number of aromatic nitrogens is 2. The third-order valence-corrected chi connectivity index (χ3v) is 7.81. The van der Waals surface area contributed by atoms with Crippen LogP contribution >= 0.6 is 12.4 Å². The lowest BCUT2D eigenvalue weighted by atomic mass is 9.81. The molecule has 2 heterocycles. The Hall–Kier alpha value is -2.99. The molecule has 1 saturated carbocycles. The van der Waals surface area contributed by atoms with E-state index >= 15 is 0 Å². The van der Waals surface area contributed by atoms with Crippen molar-refractivity contribution in [1.29, 1.82) is 0 Å². The number of anilines is 1. The van der Waals surface area contributed by atoms with Crippen LogP contribution in [0.1, 0.15) is 37.8 Å². The fraction of sp³-hybridized carbons (Fsp3) is 0.556. The van der Waals surface area contributed by atoms with Crippen molar-refractivity contribution in [3.63, 3.8) is 0 Å². The average molecular weight is 559 g/mol. The summed E-state index contributed by atoms with van der Waals surface area (Å²) in [6, 6.07) is 8.13. The summed E-state index contributed by atoms with van der Waals surface area (Å²) >= 11 is 0. The number of halogens is 1. The minimum atomic E-state index is -0.944. The molecule has 1 aromatic carbocycles. The van der Waals surface area contributed by atoms with E-state index in [1.54, 1.807) is 35.9 Å². The van der Waals surface area contributed by atoms with Gasteiger partial charge in [-0.2, -0.15) is 4.98 Å². The van der Waals surface area contributed by atoms with Crippen molar-refractivity contribution in [3.8, 4) is 5.69 Å². The van der Waals surface area contributed by atoms with E-state index in [-0.39, 0.29) is 30.2 Å². The number of nitrogens with one attached hydrogen (secondary N) is 2. The highest BCUT2D eigenvalue weighted by Gasteiger charge is 2.31. The van der Waals surface area contributed by atoms with Gasteiger partial charge < -0.3 is 26.6 Å². The molecule has 1 atom stereocenters. The average Bonchev–Trinajstić information content (AvgIpc) is 3.27. The summed E-state index contributed by atoms with van der Waals surface area (Å²) in [7, 11) is 0. The molecule has 11 nitrogen and oxygen atoms in total. The first kappa shape index (κ1) is 29.0. The second kappa shape index (κ2) is 11.6. The van der Waals surface area contributed by atoms with Crippen LogP contribution in [0.5, 0.6) is 0 Å². The van der Waals surface area contributed by atoms with Gasteiger partial charge >= 0.3 is 11.7 Å². The predicted octanol–water partition coefficient (Wildman–Crippen LogP) is 0.862. The highest BCUT2D eigenvalue weighted by atomic mass is 35.5. The molecule has 2 fully saturated rings. The van der Waals surface area contributed by atoms with Crippen LogP contribution in [0.2, 0.25) is 0 Å². The van der Waals surface area contributed by atoms with Crippen molar-refractivity contribution in [2.24, 2.45) is 17.4 Å². The SMILES string of the molecule is CC(C)(N)C(=O)N1CCN(C(=O)Nc2ccn(-c3ccc4c(c3)CC(NC[C@H]3C[C@H](N)C3)C4)c(=O)n2)CC1.Cl. The van der Waals surface area contributed by atoms with E-state index in [1.807, 2.05) is 6.07 Å². The number of urea groups is 1. The van der Waals surface area contributed by atoms with Gasteiger partial charge in [-0.05, 0) is 81.3 Å². The van der Waals surface area contributed by atoms with Crippen LogP contribution in [0, 0.1) is 5.92 Å². The lowest BCUT2D eigenvalue weighted by molar-refractivity contribution is -0.137. The first-order chi connectivity index (χ1) is 18.1. The summed E-state index contributed by atoms with van der Waals surface area (Å²) in [5, 5.41) is 6.39. The zero-order valence-corrected chi connectivity index (χ0v) is 23.4. The van der Waals surface area contributed by atoms with Crippen LogP contribution in [0.25, 0.3) is 5.69 Å². The lowest BCUT2D eigenvalue weighted by Crippen LogP contribution is -2.58. The maximum Gasteiger partial charge on any atom is 0.354 e. The molecule has 5 rings (SSSR count). The van der Waals surface area contributed by atoms with Gasteiger partial charge in [0, 0.05) is 44.5 Å². The molecule has 0 bridgehead atoms. The normalized spacial score (nSPS) is 22.5. The zero-order valence-electron chi connectivity index (χ0n) is 22.6. The van der Waals surface area contributed by atoms with Crippen LogP contribution in [0.4, 0.5) is 10.6 Å². The molecule has 1 aliphatic heterocycles. The Bertz CT molecular complexity index is 1260. The van der Waals surface area contributed by atoms with Crippen molar-refractivity contribution in [2.45, 2.75) is 57.2 Å². The molecule has 1 saturated heterocycles. The monoisotopic (exact) mass is 558 g/mol. The largest absolute Gasteiger partial charge is 0.354 e. The van der Waals surface area contributed by atoms with Crippen LogP contribution < -0.4 is 27.8 Å². The molecule has 0 radical (unpaired) electrons. The number of piperazine rings is 1. The number of nitrogens with zero attached hydrogens (tertiary/aromatic N) is 4. The maximum atomic E-state index is 12.8. The van der Waals surface area contributed by atoms with Gasteiger partial charge in [0.25, 0.3) is 0 Å². The Balaban J connectivity index is 0.00000353. The predicted molar refractivity (Wildman–Crippen MR) is 152 cm³/mol. The molecule has 1 aromatic heterocycles. The van der Waals surface area contributed by atoms with Gasteiger partial charge in [-0.1, -0.05) is 6.07 Å². The summed E-state index contributed by atoms with van der Waals surface area (Å²) in [5.41, 5.74) is 13.7. The number of benzene rings is 1. The molecule has 12 heteroatoms. The number of carbonyl (C=O) groups is 2. The summed E-state index contributed by atoms with van der Waals surface area (Å²) in [4.78, 5) is 45.3. The summed E-state index contributed by atoms with van der Waals surface area (Å²) in [6.07, 6.45) is 5.76. The van der Waals surface area contributed by atoms with E-state index < -0.39 is 11.2 Å². The third kappa shape index (κ3) is 6.60. The van der Waals surface area contributed by atoms with Crippen LogP contribution in [0.15, 0.2) is 35.3 Å². The van der Waals surface area contributed by atoms with Gasteiger partial charge in [0.2, 0.25) is 5.91 Å². The van der Waals surface area contributed by atoms with Gasteiger partial charge in [-0.15, -0.1) is 12.4 Å². The Morgan fingerprint density at radius 1 is 1.05 bits per heavy atom. The van der Waals surface area contributed by atoms with Crippen molar-refractivity contribution in [2.75, 3.05) is 38.0 Å². The van der Waals surface area contributed by atoms with Crippen LogP contribution in [-0.2, 0) is 17.6 Å². The second-order valence-electron chi connectivity index (χ2n) is 11.5. The summed E-state index contributed by atoms with van der Waals surface area (Å²) < 4.78 is 1.49. The molecule has 1 unspecified atom stereocenters. The summed E-state index contributed by atoms with van der Waals surface area (Å²) in [6.45, 7) is 5.93. The molecule has 3 amide bonds. The van der Waals surface area contributed by atoms with E-state index in [0.29, 0.717) is 44.2 Å². The van der Waals surface area contributed by atoms with E-state index in [2.05, 4.69) is 27.8 Å². The van der Waals surface area contributed by atoms with E-state index in [1.165, 1.54) is 15.7 Å². The number of hydrogen-bond acceptors (Lipinski definition) is 7. The van der Waals surface area contributed by atoms with E-state index in [4.69, 9.17) is 11.5 Å². The second-order valence-corrected chi connectivity index (χ2v) is 11.5. The minimum absolute atomic E-state index is 0. The quantitative estimate of drug-likeness (QED) is 0.410. The Morgan fingerprint density at radius 3 is 2.36 bits per heavy atom. The Morgan fingerprint density at radius 2 is 1.72 bits per heavy atom. The molecule has 2 aromatic rings. The highest BCUT2D eigenvalue weighted by molar-refractivity contribution is 5.89. The zero-order chi connectivity index (χ0) is 27.0. The van der Waals surface area contributed by atoms with E-state index in [0.717, 1.165) is 37.9 Å². The van der Waals surface area contributed by atoms with Crippen molar-refractivity contribution < 1.29 is 9.59 Å². The number of carbonyl (C=O) groups excluding carboxylic acids is 2. The van der Waals surface area contributed by atoms with Gasteiger partial charge in [-0.25, -0.2) is 9.59 Å². The Kier molecular flexibility index (Phi) is 8.65. The molecule has 212 valence electrons. The first-order valence-electron chi connectivity index (χ1n) is 13.4. The molecule has 6 N–H and O–H groups in total. The van der Waals surface area contributed by atoms with Gasteiger partial charge in [0.15, 0.2) is 0 Å². The van der Waals surface area contributed by atoms with Gasteiger partial charge in [-0.3, -0.25) is 14.7 Å². The fourth-order valence-corrected chi connectivity index (χ4v) is 5.56. The lowest BCUT2D eigenvalue weighted by Gasteiger charge is -2.37. The van der Waals surface area contributed by atoms with Crippen molar-refractivity contribution in [3.05, 3.63) is 52.1 Å². The number of fused-ring (bicyclic) bond motifs is 1. The smallest absolute Gasteiger partial charge is 0.338 e. The number of amides is 3. The third-order valence-electron chi connectivity index (χ3n) is 7.81. The summed E-state index contributed by atoms with van der Waals surface area (Å²) in [5.74, 6) is 0.740. The molecule has 2 aliphatic carbocycles. The van der Waals surface area contributed by atoms with Crippen molar-refractivity contribution in [1.82, 2.24) is 24.7 Å². The molecular formula is C27H39ClN8O3. The minimum Gasteiger partial charge on any atom is -0.338 e. The Labute approximate surface area is 234 Å². The van der Waals surface area contributed by atoms with Crippen molar-refractivity contribution >= 4 is 30.2 Å². The van der Waals surface area contributed by atoms with Gasteiger partial charge in [0.05, 0.1) is 11.2 Å². The number of rotatable bonds is 6. The topological polar surface area (TPSA) is 152 Å². The maximum absolute atomic E-state index is 12.8. The molecular weight excluding hydrogens is 520 g/mol. The fourth-order valence-electron chi connectivity index (χ4n) is 5.56. The standard InChI is InChI=1S/C27H38N8O3.ClH/c1-27(2,29)24(36)33-7-9-34(10-8-33)25(37)31-23-5-6-35(26(38)32-23)22-4-3-18-13-21(14-19(18)15-22)30-16-17-11-20(28)12-17;/h3-6,15,17,20-21,30H,7-14,16,28-29H2,1-2H3,(H,31,32,37,38);1H/t17-,20-,21?;. The number of nitrogens with two attached hydrogens (primary N) is 2. The van der Waals surface area contributed by atoms with Gasteiger partial charge in [0.1, 0.15) is 5.82 Å².